The first-order chi connectivity index (χ1) is 31.6. The average Bonchev–Trinajstić information content (AvgIpc) is 3.32. The maximum atomic E-state index is 13.4. The summed E-state index contributed by atoms with van der Waals surface area (Å²) in [4.78, 5) is 86.8. The monoisotopic (exact) mass is 883 g/mol. The molecule has 1 atom stereocenters. The molecule has 0 saturated carbocycles. The molecule has 16 heteroatoms. The minimum atomic E-state index is -0.389. The minimum Gasteiger partial charge on any atom is -0.368 e. The number of aromatic nitrogens is 4. The zero-order valence-corrected chi connectivity index (χ0v) is 37.8. The molecule has 0 bridgehead atoms. The van der Waals surface area contributed by atoms with Gasteiger partial charge in [0.25, 0.3) is 17.4 Å². The van der Waals surface area contributed by atoms with Crippen LogP contribution in [0, 0.1) is 5.92 Å². The van der Waals surface area contributed by atoms with Crippen LogP contribution in [0.15, 0.2) is 78.0 Å². The number of fused-ring (bicyclic) bond motifs is 1. The second kappa shape index (κ2) is 22.4. The number of unbranched alkanes of at least 4 members (excludes halogenated alkanes) is 2. The number of aromatic amines is 1. The van der Waals surface area contributed by atoms with Gasteiger partial charge in [0.05, 0.1) is 35.1 Å². The van der Waals surface area contributed by atoms with Crippen molar-refractivity contribution in [2.45, 2.75) is 65.3 Å². The molecule has 2 saturated heterocycles. The lowest BCUT2D eigenvalue weighted by molar-refractivity contribution is -0.133. The van der Waals surface area contributed by atoms with Gasteiger partial charge in [0.1, 0.15) is 5.69 Å². The Morgan fingerprint density at radius 1 is 0.785 bits per heavy atom. The van der Waals surface area contributed by atoms with Crippen molar-refractivity contribution in [1.29, 1.82) is 0 Å². The van der Waals surface area contributed by atoms with Gasteiger partial charge in [-0.2, -0.15) is 0 Å². The first kappa shape index (κ1) is 46.5. The normalized spacial score (nSPS) is 15.6. The summed E-state index contributed by atoms with van der Waals surface area (Å²) >= 11 is 0. The summed E-state index contributed by atoms with van der Waals surface area (Å²) in [6.07, 6.45) is 10.4. The van der Waals surface area contributed by atoms with Crippen molar-refractivity contribution in [3.05, 3.63) is 112 Å². The van der Waals surface area contributed by atoms with E-state index in [9.17, 15) is 24.0 Å². The Kier molecular flexibility index (Phi) is 16.0. The van der Waals surface area contributed by atoms with Crippen molar-refractivity contribution >= 4 is 46.0 Å². The zero-order chi connectivity index (χ0) is 45.7. The van der Waals surface area contributed by atoms with E-state index in [2.05, 4.69) is 70.1 Å². The number of piperazine rings is 1. The third kappa shape index (κ3) is 12.6. The lowest BCUT2D eigenvalue weighted by Gasteiger charge is -2.36. The molecular formula is C49H61N11O5. The van der Waals surface area contributed by atoms with Gasteiger partial charge in [-0.25, -0.2) is 9.97 Å². The summed E-state index contributed by atoms with van der Waals surface area (Å²) in [6.45, 7) is 10.3. The lowest BCUT2D eigenvalue weighted by atomic mass is 9.96. The molecule has 4 aromatic heterocycles. The van der Waals surface area contributed by atoms with Crippen molar-refractivity contribution in [2.24, 2.45) is 5.92 Å². The van der Waals surface area contributed by atoms with E-state index >= 15 is 0 Å². The van der Waals surface area contributed by atoms with E-state index in [0.29, 0.717) is 56.8 Å². The number of likely N-dealkylation sites (tertiary alicyclic amines) is 1. The van der Waals surface area contributed by atoms with Crippen LogP contribution in [0.4, 0.5) is 11.4 Å². The largest absolute Gasteiger partial charge is 0.368 e. The molecule has 2 aliphatic rings. The number of amides is 4. The van der Waals surface area contributed by atoms with Crippen LogP contribution in [-0.4, -0.2) is 119 Å². The topological polar surface area (TPSA) is 198 Å². The SMILES string of the molecule is CCc1cccc(-c2cnc(C(=O)NCCCCCNC(=O)c3ccc(N4CCN(Cc5cnc6cc(CC)c(=O)[nH]c6c5)CC4)cn3)c(NC(=O)CNCC3CCN(C)C(=O)C3)c2)c1. The number of hydrogen-bond acceptors (Lipinski definition) is 11. The molecule has 5 N–H and O–H groups in total. The summed E-state index contributed by atoms with van der Waals surface area (Å²) in [6, 6.07) is 17.5. The molecule has 0 spiro atoms. The number of aryl methyl sites for hydroxylation is 2. The predicted molar refractivity (Wildman–Crippen MR) is 253 cm³/mol. The maximum Gasteiger partial charge on any atom is 0.272 e. The Hall–Kier alpha value is -6.52. The highest BCUT2D eigenvalue weighted by molar-refractivity contribution is 6.03. The Balaban J connectivity index is 0.823. The van der Waals surface area contributed by atoms with Crippen molar-refractivity contribution in [3.8, 4) is 11.1 Å². The Labute approximate surface area is 380 Å². The smallest absolute Gasteiger partial charge is 0.272 e. The minimum absolute atomic E-state index is 0.0342. The number of carbonyl (C=O) groups excluding carboxylic acids is 4. The van der Waals surface area contributed by atoms with Crippen LogP contribution >= 0.6 is 0 Å². The lowest BCUT2D eigenvalue weighted by Crippen LogP contribution is -2.46. The molecule has 65 heavy (non-hydrogen) atoms. The van der Waals surface area contributed by atoms with Crippen LogP contribution in [0.3, 0.4) is 0 Å². The second-order valence-electron chi connectivity index (χ2n) is 17.0. The Morgan fingerprint density at radius 3 is 2.32 bits per heavy atom. The molecule has 2 aliphatic heterocycles. The highest BCUT2D eigenvalue weighted by atomic mass is 16.2. The molecule has 16 nitrogen and oxygen atoms in total. The van der Waals surface area contributed by atoms with Crippen LogP contribution in [0.2, 0.25) is 0 Å². The highest BCUT2D eigenvalue weighted by Gasteiger charge is 2.24. The van der Waals surface area contributed by atoms with E-state index in [1.54, 1.807) is 36.5 Å². The van der Waals surface area contributed by atoms with Gasteiger partial charge in [0.15, 0.2) is 5.69 Å². The van der Waals surface area contributed by atoms with Crippen molar-refractivity contribution in [3.63, 3.8) is 0 Å². The molecule has 342 valence electrons. The van der Waals surface area contributed by atoms with E-state index in [4.69, 9.17) is 0 Å². The molecule has 7 rings (SSSR count). The molecule has 0 radical (unpaired) electrons. The van der Waals surface area contributed by atoms with Gasteiger partial charge < -0.3 is 36.1 Å². The number of anilines is 2. The van der Waals surface area contributed by atoms with Crippen LogP contribution < -0.4 is 31.7 Å². The Morgan fingerprint density at radius 2 is 1.58 bits per heavy atom. The number of H-pyrrole nitrogens is 1. The number of piperidine rings is 1. The van der Waals surface area contributed by atoms with E-state index in [-0.39, 0.29) is 47.3 Å². The van der Waals surface area contributed by atoms with Gasteiger partial charge in [-0.3, -0.25) is 33.9 Å². The van der Waals surface area contributed by atoms with Crippen molar-refractivity contribution < 1.29 is 19.2 Å². The third-order valence-electron chi connectivity index (χ3n) is 12.3. The van der Waals surface area contributed by atoms with Gasteiger partial charge in [-0.15, -0.1) is 0 Å². The molecule has 0 aliphatic carbocycles. The summed E-state index contributed by atoms with van der Waals surface area (Å²) in [5.41, 5.74) is 7.96. The van der Waals surface area contributed by atoms with Crippen LogP contribution in [0.5, 0.6) is 0 Å². The van der Waals surface area contributed by atoms with Crippen molar-refractivity contribution in [2.75, 3.05) is 76.2 Å². The quantitative estimate of drug-likeness (QED) is 0.0730. The fraction of sp³-hybridized carbons (Fsp3) is 0.429. The Bertz CT molecular complexity index is 2520. The van der Waals surface area contributed by atoms with Gasteiger partial charge in [0, 0.05) is 89.3 Å². The summed E-state index contributed by atoms with van der Waals surface area (Å²) in [5.74, 6) is -0.639. The fourth-order valence-corrected chi connectivity index (χ4v) is 8.28. The molecule has 1 unspecified atom stereocenters. The van der Waals surface area contributed by atoms with Gasteiger partial charge in [0.2, 0.25) is 11.8 Å². The number of hydrogen-bond donors (Lipinski definition) is 5. The molecular weight excluding hydrogens is 823 g/mol. The molecule has 6 heterocycles. The molecule has 2 fully saturated rings. The number of carbonyl (C=O) groups is 4. The standard InChI is InChI=1S/C49H61N11O5/c1-4-33-10-9-11-37(22-33)38-26-43(56-44(61)31-50-27-34-14-17-58(3)45(62)24-34)46(55-29-38)49(65)52-16-8-6-7-15-51-48(64)40-13-12-39(30-54-40)60-20-18-59(19-21-60)32-35-23-42-41(53-28-35)25-36(5-2)47(63)57-42/h9-13,22-23,25-26,28-30,34,50H,4-8,14-21,24,27,31-32H2,1-3H3,(H,51,64)(H,52,65)(H,56,61)(H,57,63). The molecule has 1 aromatic carbocycles. The first-order valence-corrected chi connectivity index (χ1v) is 22.9. The zero-order valence-electron chi connectivity index (χ0n) is 37.8. The first-order valence-electron chi connectivity index (χ1n) is 22.9. The van der Waals surface area contributed by atoms with Gasteiger partial charge in [-0.05, 0) is 98.0 Å². The van der Waals surface area contributed by atoms with E-state index in [1.165, 1.54) is 5.56 Å². The van der Waals surface area contributed by atoms with E-state index < -0.39 is 0 Å². The molecule has 5 aromatic rings. The average molecular weight is 884 g/mol. The summed E-state index contributed by atoms with van der Waals surface area (Å²) in [5, 5.41) is 12.0. The number of pyridine rings is 4. The second-order valence-corrected chi connectivity index (χ2v) is 17.0. The number of benzene rings is 1. The van der Waals surface area contributed by atoms with Gasteiger partial charge >= 0.3 is 0 Å². The van der Waals surface area contributed by atoms with Crippen molar-refractivity contribution in [1.82, 2.24) is 45.7 Å². The van der Waals surface area contributed by atoms with E-state index in [0.717, 1.165) is 97.4 Å². The summed E-state index contributed by atoms with van der Waals surface area (Å²) in [7, 11) is 1.81. The summed E-state index contributed by atoms with van der Waals surface area (Å²) < 4.78 is 0. The number of nitrogens with one attached hydrogen (secondary N) is 5. The van der Waals surface area contributed by atoms with Crippen LogP contribution in [0.25, 0.3) is 22.2 Å². The molecule has 4 amide bonds. The third-order valence-corrected chi connectivity index (χ3v) is 12.3. The fourth-order valence-electron chi connectivity index (χ4n) is 8.28. The predicted octanol–water partition coefficient (Wildman–Crippen LogP) is 4.55. The van der Waals surface area contributed by atoms with Gasteiger partial charge in [-0.1, -0.05) is 38.1 Å². The number of nitrogens with zero attached hydrogens (tertiary/aromatic N) is 6. The highest BCUT2D eigenvalue weighted by Crippen LogP contribution is 2.26. The van der Waals surface area contributed by atoms with Crippen LogP contribution in [-0.2, 0) is 29.0 Å². The maximum absolute atomic E-state index is 13.4. The van der Waals surface area contributed by atoms with Crippen LogP contribution in [0.1, 0.15) is 83.6 Å². The van der Waals surface area contributed by atoms with E-state index in [1.807, 2.05) is 43.5 Å². The number of rotatable bonds is 19.